The lowest BCUT2D eigenvalue weighted by molar-refractivity contribution is -0.149. The topological polar surface area (TPSA) is 79.0 Å². The van der Waals surface area contributed by atoms with E-state index in [1.165, 1.54) is 0 Å². The van der Waals surface area contributed by atoms with E-state index in [2.05, 4.69) is 9.62 Å². The van der Waals surface area contributed by atoms with Crippen molar-refractivity contribution in [1.29, 1.82) is 0 Å². The van der Waals surface area contributed by atoms with Gasteiger partial charge in [-0.1, -0.05) is 18.2 Å². The Morgan fingerprint density at radius 3 is 2.48 bits per heavy atom. The molecular formula is C17H25N3O4S. The molecule has 2 aliphatic heterocycles. The summed E-state index contributed by atoms with van der Waals surface area (Å²) in [6.07, 6.45) is 0.817. The fourth-order valence-corrected chi connectivity index (χ4v) is 4.56. The van der Waals surface area contributed by atoms with Crippen LogP contribution in [0.3, 0.4) is 0 Å². The van der Waals surface area contributed by atoms with Crippen LogP contribution in [0.15, 0.2) is 35.2 Å². The zero-order valence-electron chi connectivity index (χ0n) is 14.4. The summed E-state index contributed by atoms with van der Waals surface area (Å²) >= 11 is 0. The predicted molar refractivity (Wildman–Crippen MR) is 93.6 cm³/mol. The van der Waals surface area contributed by atoms with E-state index in [0.29, 0.717) is 39.1 Å². The summed E-state index contributed by atoms with van der Waals surface area (Å²) in [5.74, 6) is 0.0101. The first-order valence-corrected chi connectivity index (χ1v) is 10.1. The van der Waals surface area contributed by atoms with E-state index >= 15 is 0 Å². The highest BCUT2D eigenvalue weighted by molar-refractivity contribution is 7.89. The number of nitrogens with one attached hydrogen (secondary N) is 1. The van der Waals surface area contributed by atoms with Gasteiger partial charge in [0.25, 0.3) is 5.91 Å². The average molecular weight is 367 g/mol. The van der Waals surface area contributed by atoms with Crippen LogP contribution in [0.5, 0.6) is 0 Å². The molecule has 3 rings (SSSR count). The first kappa shape index (κ1) is 18.3. The lowest BCUT2D eigenvalue weighted by atomic mass is 10.1. The Labute approximate surface area is 149 Å². The Kier molecular flexibility index (Phi) is 5.73. The molecule has 2 saturated heterocycles. The van der Waals surface area contributed by atoms with Crippen LogP contribution in [0, 0.1) is 0 Å². The van der Waals surface area contributed by atoms with Crippen molar-refractivity contribution in [1.82, 2.24) is 14.5 Å². The van der Waals surface area contributed by atoms with Crippen LogP contribution in [-0.4, -0.2) is 76.1 Å². The number of amides is 1. The Balaban J connectivity index is 1.53. The van der Waals surface area contributed by atoms with Crippen molar-refractivity contribution in [2.24, 2.45) is 0 Å². The van der Waals surface area contributed by atoms with Crippen LogP contribution >= 0.6 is 0 Å². The van der Waals surface area contributed by atoms with Gasteiger partial charge in [0.1, 0.15) is 6.10 Å². The number of likely N-dealkylation sites (N-methyl/N-ethyl adjacent to an activating group) is 1. The molecule has 138 valence electrons. The number of likely N-dealkylation sites (tertiary alicyclic amines) is 1. The van der Waals surface area contributed by atoms with Gasteiger partial charge in [0.2, 0.25) is 10.0 Å². The van der Waals surface area contributed by atoms with E-state index < -0.39 is 16.1 Å². The van der Waals surface area contributed by atoms with Gasteiger partial charge in [0.05, 0.1) is 11.5 Å². The SMILES string of the molecule is CN1CCOC(C(=O)N2CCC(NS(=O)(=O)c3ccccc3)CC2)C1. The third kappa shape index (κ3) is 4.58. The second-order valence-electron chi connectivity index (χ2n) is 6.66. The standard InChI is InChI=1S/C17H25N3O4S/c1-19-11-12-24-16(13-19)17(21)20-9-7-14(8-10-20)18-25(22,23)15-5-3-2-4-6-15/h2-6,14,16,18H,7-13H2,1H3. The summed E-state index contributed by atoms with van der Waals surface area (Å²) in [5.41, 5.74) is 0. The minimum atomic E-state index is -3.51. The molecule has 0 aliphatic carbocycles. The molecule has 0 spiro atoms. The van der Waals surface area contributed by atoms with E-state index in [9.17, 15) is 13.2 Å². The smallest absolute Gasteiger partial charge is 0.253 e. The van der Waals surface area contributed by atoms with Gasteiger partial charge >= 0.3 is 0 Å². The van der Waals surface area contributed by atoms with Crippen LogP contribution in [0.1, 0.15) is 12.8 Å². The number of sulfonamides is 1. The molecule has 8 heteroatoms. The van der Waals surface area contributed by atoms with Gasteiger partial charge in [-0.25, -0.2) is 13.1 Å². The molecule has 1 N–H and O–H groups in total. The number of morpholine rings is 1. The Morgan fingerprint density at radius 1 is 1.16 bits per heavy atom. The summed E-state index contributed by atoms with van der Waals surface area (Å²) in [4.78, 5) is 16.7. The first-order valence-electron chi connectivity index (χ1n) is 8.62. The summed E-state index contributed by atoms with van der Waals surface area (Å²) in [7, 11) is -1.53. The van der Waals surface area contributed by atoms with E-state index in [0.717, 1.165) is 6.54 Å². The van der Waals surface area contributed by atoms with Gasteiger partial charge in [-0.2, -0.15) is 0 Å². The fourth-order valence-electron chi connectivity index (χ4n) is 3.24. The molecule has 2 heterocycles. The number of ether oxygens (including phenoxy) is 1. The molecule has 25 heavy (non-hydrogen) atoms. The molecule has 1 aromatic carbocycles. The van der Waals surface area contributed by atoms with Crippen molar-refractivity contribution in [3.8, 4) is 0 Å². The lowest BCUT2D eigenvalue weighted by Gasteiger charge is -2.36. The van der Waals surface area contributed by atoms with Gasteiger partial charge in [-0.3, -0.25) is 4.79 Å². The number of hydrogen-bond donors (Lipinski definition) is 1. The lowest BCUT2D eigenvalue weighted by Crippen LogP contribution is -2.53. The maximum Gasteiger partial charge on any atom is 0.253 e. The van der Waals surface area contributed by atoms with Gasteiger partial charge in [-0.15, -0.1) is 0 Å². The highest BCUT2D eigenvalue weighted by Gasteiger charge is 2.32. The molecule has 0 aromatic heterocycles. The molecule has 0 radical (unpaired) electrons. The molecule has 7 nitrogen and oxygen atoms in total. The quantitative estimate of drug-likeness (QED) is 0.827. The van der Waals surface area contributed by atoms with Crippen LogP contribution in [-0.2, 0) is 19.6 Å². The minimum absolute atomic E-state index is 0.0101. The largest absolute Gasteiger partial charge is 0.366 e. The van der Waals surface area contributed by atoms with E-state index in [1.807, 2.05) is 7.05 Å². The number of rotatable bonds is 4. The average Bonchev–Trinajstić information content (AvgIpc) is 2.62. The van der Waals surface area contributed by atoms with Crippen LogP contribution < -0.4 is 4.72 Å². The maximum absolute atomic E-state index is 12.5. The highest BCUT2D eigenvalue weighted by Crippen LogP contribution is 2.17. The monoisotopic (exact) mass is 367 g/mol. The Bertz CT molecular complexity index is 687. The van der Waals surface area contributed by atoms with Gasteiger partial charge in [0, 0.05) is 32.2 Å². The third-order valence-electron chi connectivity index (χ3n) is 4.73. The van der Waals surface area contributed by atoms with Crippen molar-refractivity contribution >= 4 is 15.9 Å². The number of carbonyl (C=O) groups excluding carboxylic acids is 1. The van der Waals surface area contributed by atoms with E-state index in [-0.39, 0.29) is 16.8 Å². The molecule has 2 fully saturated rings. The Hall–Kier alpha value is -1.48. The van der Waals surface area contributed by atoms with Crippen molar-refractivity contribution in [2.45, 2.75) is 29.9 Å². The summed E-state index contributed by atoms with van der Waals surface area (Å²) in [6, 6.07) is 8.21. The predicted octanol–water partition coefficient (Wildman–Crippen LogP) is 0.287. The van der Waals surface area contributed by atoms with Crippen LogP contribution in [0.2, 0.25) is 0 Å². The Morgan fingerprint density at radius 2 is 1.84 bits per heavy atom. The van der Waals surface area contributed by atoms with E-state index in [1.54, 1.807) is 35.2 Å². The molecule has 2 aliphatic rings. The third-order valence-corrected chi connectivity index (χ3v) is 6.26. The molecule has 0 bridgehead atoms. The molecular weight excluding hydrogens is 342 g/mol. The van der Waals surface area contributed by atoms with Crippen molar-refractivity contribution < 1.29 is 17.9 Å². The zero-order chi connectivity index (χ0) is 17.9. The van der Waals surface area contributed by atoms with Crippen molar-refractivity contribution in [3.05, 3.63) is 30.3 Å². The second kappa shape index (κ2) is 7.82. The molecule has 1 unspecified atom stereocenters. The normalized spacial score (nSPS) is 23.6. The second-order valence-corrected chi connectivity index (χ2v) is 8.37. The molecule has 0 saturated carbocycles. The van der Waals surface area contributed by atoms with Crippen molar-refractivity contribution in [3.63, 3.8) is 0 Å². The number of nitrogens with zero attached hydrogens (tertiary/aromatic N) is 2. The molecule has 1 atom stereocenters. The minimum Gasteiger partial charge on any atom is -0.366 e. The number of piperidine rings is 1. The number of benzene rings is 1. The summed E-state index contributed by atoms with van der Waals surface area (Å²) in [6.45, 7) is 3.11. The zero-order valence-corrected chi connectivity index (χ0v) is 15.2. The van der Waals surface area contributed by atoms with Crippen LogP contribution in [0.25, 0.3) is 0 Å². The van der Waals surface area contributed by atoms with E-state index in [4.69, 9.17) is 4.74 Å². The number of carbonyl (C=O) groups is 1. The summed E-state index contributed by atoms with van der Waals surface area (Å²) < 4.78 is 33.1. The fraction of sp³-hybridized carbons (Fsp3) is 0.588. The number of hydrogen-bond acceptors (Lipinski definition) is 5. The highest BCUT2D eigenvalue weighted by atomic mass is 32.2. The molecule has 1 aromatic rings. The maximum atomic E-state index is 12.5. The molecule has 1 amide bonds. The van der Waals surface area contributed by atoms with Crippen molar-refractivity contribution in [2.75, 3.05) is 39.8 Å². The van der Waals surface area contributed by atoms with Gasteiger partial charge < -0.3 is 14.5 Å². The van der Waals surface area contributed by atoms with Crippen LogP contribution in [0.4, 0.5) is 0 Å². The van der Waals surface area contributed by atoms with Gasteiger partial charge in [0.15, 0.2) is 0 Å². The first-order chi connectivity index (χ1) is 12.0. The van der Waals surface area contributed by atoms with Gasteiger partial charge in [-0.05, 0) is 32.0 Å². The summed E-state index contributed by atoms with van der Waals surface area (Å²) in [5, 5.41) is 0.